The molecule has 0 bridgehead atoms. The highest BCUT2D eigenvalue weighted by Crippen LogP contribution is 2.01. The van der Waals surface area contributed by atoms with Crippen LogP contribution < -0.4 is 5.73 Å². The van der Waals surface area contributed by atoms with E-state index in [1.165, 1.54) is 4.09 Å². The first-order valence-electron chi connectivity index (χ1n) is 3.33. The van der Waals surface area contributed by atoms with E-state index in [1.54, 1.807) is 12.3 Å². The Hall–Kier alpha value is -0.840. The first kappa shape index (κ1) is 8.26. The summed E-state index contributed by atoms with van der Waals surface area (Å²) in [7, 11) is -1.09. The van der Waals surface area contributed by atoms with Gasteiger partial charge in [0.05, 0.1) is 5.25 Å². The smallest absolute Gasteiger partial charge is 0.146 e. The van der Waals surface area contributed by atoms with Crippen LogP contribution in [0, 0.1) is 0 Å². The molecule has 5 heteroatoms. The van der Waals surface area contributed by atoms with Crippen LogP contribution in [-0.4, -0.2) is 18.6 Å². The van der Waals surface area contributed by atoms with Crippen LogP contribution >= 0.6 is 0 Å². The third kappa shape index (κ3) is 1.80. The largest absolute Gasteiger partial charge is 0.382 e. The molecule has 0 aromatic carbocycles. The van der Waals surface area contributed by atoms with Crippen molar-refractivity contribution >= 4 is 16.8 Å². The third-order valence-corrected chi connectivity index (χ3v) is 2.55. The predicted molar refractivity (Wildman–Crippen MR) is 45.3 cm³/mol. The highest BCUT2D eigenvalue weighted by atomic mass is 32.2. The van der Waals surface area contributed by atoms with E-state index in [1.807, 2.05) is 13.8 Å². The molecule has 1 atom stereocenters. The van der Waals surface area contributed by atoms with Crippen LogP contribution in [0.1, 0.15) is 13.8 Å². The van der Waals surface area contributed by atoms with Crippen LogP contribution in [0.15, 0.2) is 12.3 Å². The summed E-state index contributed by atoms with van der Waals surface area (Å²) in [6.07, 6.45) is 1.62. The van der Waals surface area contributed by atoms with Crippen LogP contribution in [0.25, 0.3) is 0 Å². The maximum Gasteiger partial charge on any atom is 0.146 e. The Balaban J connectivity index is 2.85. The van der Waals surface area contributed by atoms with Crippen molar-refractivity contribution in [3.05, 3.63) is 12.3 Å². The fraction of sp³-hybridized carbons (Fsp3) is 0.500. The van der Waals surface area contributed by atoms with E-state index >= 15 is 0 Å². The molecule has 0 saturated heterocycles. The van der Waals surface area contributed by atoms with Crippen LogP contribution in [-0.2, 0) is 11.0 Å². The molecule has 1 heterocycles. The monoisotopic (exact) mass is 173 g/mol. The van der Waals surface area contributed by atoms with Gasteiger partial charge in [0.2, 0.25) is 0 Å². The van der Waals surface area contributed by atoms with Gasteiger partial charge < -0.3 is 5.73 Å². The molecule has 0 aliphatic heterocycles. The summed E-state index contributed by atoms with van der Waals surface area (Å²) in [6, 6.07) is 1.63. The average molecular weight is 173 g/mol. The Morgan fingerprint density at radius 3 is 2.73 bits per heavy atom. The van der Waals surface area contributed by atoms with Crippen LogP contribution in [0.3, 0.4) is 0 Å². The second kappa shape index (κ2) is 3.04. The van der Waals surface area contributed by atoms with Gasteiger partial charge in [0, 0.05) is 12.3 Å². The fourth-order valence-corrected chi connectivity index (χ4v) is 1.42. The van der Waals surface area contributed by atoms with Crippen molar-refractivity contribution in [3.63, 3.8) is 0 Å². The molecule has 0 amide bonds. The number of nitrogens with zero attached hydrogens (tertiary/aromatic N) is 2. The summed E-state index contributed by atoms with van der Waals surface area (Å²) in [4.78, 5) is 0. The van der Waals surface area contributed by atoms with E-state index < -0.39 is 11.0 Å². The lowest BCUT2D eigenvalue weighted by Crippen LogP contribution is -2.15. The Labute approximate surface area is 68.0 Å². The third-order valence-electron chi connectivity index (χ3n) is 1.17. The van der Waals surface area contributed by atoms with Crippen molar-refractivity contribution < 1.29 is 4.21 Å². The molecule has 11 heavy (non-hydrogen) atoms. The van der Waals surface area contributed by atoms with Gasteiger partial charge in [0.15, 0.2) is 0 Å². The van der Waals surface area contributed by atoms with Crippen molar-refractivity contribution in [3.8, 4) is 0 Å². The minimum Gasteiger partial charge on any atom is -0.382 e. The number of hydrogen-bond donors (Lipinski definition) is 1. The molecule has 0 aliphatic carbocycles. The van der Waals surface area contributed by atoms with E-state index in [-0.39, 0.29) is 5.25 Å². The maximum atomic E-state index is 11.3. The molecule has 0 saturated carbocycles. The van der Waals surface area contributed by atoms with E-state index in [4.69, 9.17) is 5.73 Å². The van der Waals surface area contributed by atoms with E-state index in [0.29, 0.717) is 5.82 Å². The second-order valence-electron chi connectivity index (χ2n) is 2.47. The Kier molecular flexibility index (Phi) is 2.28. The highest BCUT2D eigenvalue weighted by molar-refractivity contribution is 7.83. The SMILES string of the molecule is CC(C)S(=O)n1ccc(N)n1. The quantitative estimate of drug-likeness (QED) is 0.703. The average Bonchev–Trinajstić information content (AvgIpc) is 2.34. The number of rotatable bonds is 2. The number of nitrogens with two attached hydrogens (primary N) is 1. The van der Waals surface area contributed by atoms with E-state index in [2.05, 4.69) is 5.10 Å². The fourth-order valence-electron chi connectivity index (χ4n) is 0.637. The number of nitrogen functional groups attached to an aromatic ring is 1. The van der Waals surface area contributed by atoms with Gasteiger partial charge in [-0.05, 0) is 13.8 Å². The molecule has 1 aromatic heterocycles. The van der Waals surface area contributed by atoms with Gasteiger partial charge in [-0.1, -0.05) is 0 Å². The van der Waals surface area contributed by atoms with Gasteiger partial charge in [0.25, 0.3) is 0 Å². The van der Waals surface area contributed by atoms with Gasteiger partial charge in [-0.15, -0.1) is 5.10 Å². The minimum atomic E-state index is -1.09. The Morgan fingerprint density at radius 2 is 2.36 bits per heavy atom. The van der Waals surface area contributed by atoms with Gasteiger partial charge in [-0.3, -0.25) is 0 Å². The molecule has 1 unspecified atom stereocenters. The molecule has 0 radical (unpaired) electrons. The normalized spacial score (nSPS) is 13.7. The van der Waals surface area contributed by atoms with Crippen molar-refractivity contribution in [1.82, 2.24) is 9.19 Å². The lowest BCUT2D eigenvalue weighted by molar-refractivity contribution is 0.664. The molecular weight excluding hydrogens is 162 g/mol. The summed E-state index contributed by atoms with van der Waals surface area (Å²) in [5, 5.41) is 3.89. The van der Waals surface area contributed by atoms with Gasteiger partial charge in [-0.25, -0.2) is 4.21 Å². The van der Waals surface area contributed by atoms with Gasteiger partial charge >= 0.3 is 0 Å². The first-order valence-corrected chi connectivity index (χ1v) is 4.50. The standard InChI is InChI=1S/C6H11N3OS/c1-5(2)11(10)9-4-3-6(7)8-9/h3-5H,1-2H3,(H2,7,8). The molecule has 0 fully saturated rings. The Morgan fingerprint density at radius 1 is 1.73 bits per heavy atom. The Bertz CT molecular complexity index is 269. The van der Waals surface area contributed by atoms with Crippen LogP contribution in [0.5, 0.6) is 0 Å². The molecule has 0 spiro atoms. The topological polar surface area (TPSA) is 60.9 Å². The van der Waals surface area contributed by atoms with Crippen molar-refractivity contribution in [2.75, 3.05) is 5.73 Å². The van der Waals surface area contributed by atoms with Crippen molar-refractivity contribution in [2.45, 2.75) is 19.1 Å². The molecule has 1 rings (SSSR count). The molecular formula is C6H11N3OS. The van der Waals surface area contributed by atoms with Crippen LogP contribution in [0.2, 0.25) is 0 Å². The lowest BCUT2D eigenvalue weighted by Gasteiger charge is -2.02. The molecule has 4 nitrogen and oxygen atoms in total. The summed E-state index contributed by atoms with van der Waals surface area (Å²) >= 11 is 0. The first-order chi connectivity index (χ1) is 5.11. The van der Waals surface area contributed by atoms with E-state index in [0.717, 1.165) is 0 Å². The summed E-state index contributed by atoms with van der Waals surface area (Å²) in [5.41, 5.74) is 5.35. The highest BCUT2D eigenvalue weighted by Gasteiger charge is 2.07. The zero-order valence-corrected chi connectivity index (χ0v) is 7.34. The van der Waals surface area contributed by atoms with E-state index in [9.17, 15) is 4.21 Å². The zero-order chi connectivity index (χ0) is 8.43. The molecule has 2 N–H and O–H groups in total. The maximum absolute atomic E-state index is 11.3. The van der Waals surface area contributed by atoms with Crippen molar-refractivity contribution in [1.29, 1.82) is 0 Å². The molecule has 1 aromatic rings. The summed E-state index contributed by atoms with van der Waals surface area (Å²) < 4.78 is 12.7. The summed E-state index contributed by atoms with van der Waals surface area (Å²) in [6.45, 7) is 3.74. The van der Waals surface area contributed by atoms with Gasteiger partial charge in [-0.2, -0.15) is 4.09 Å². The minimum absolute atomic E-state index is 0.0642. The summed E-state index contributed by atoms with van der Waals surface area (Å²) in [5.74, 6) is 0.402. The predicted octanol–water partition coefficient (Wildman–Crippen LogP) is 0.386. The second-order valence-corrected chi connectivity index (χ2v) is 4.34. The molecule has 62 valence electrons. The molecule has 0 aliphatic rings. The van der Waals surface area contributed by atoms with Gasteiger partial charge in [0.1, 0.15) is 16.8 Å². The zero-order valence-electron chi connectivity index (χ0n) is 6.52. The number of hydrogen-bond acceptors (Lipinski definition) is 3. The number of anilines is 1. The lowest BCUT2D eigenvalue weighted by atomic mass is 10.6. The van der Waals surface area contributed by atoms with Crippen molar-refractivity contribution in [2.24, 2.45) is 0 Å². The number of aromatic nitrogens is 2. The van der Waals surface area contributed by atoms with Crippen LogP contribution in [0.4, 0.5) is 5.82 Å².